The summed E-state index contributed by atoms with van der Waals surface area (Å²) in [5.41, 5.74) is 4.44. The van der Waals surface area contributed by atoms with Crippen molar-refractivity contribution in [1.29, 1.82) is 0 Å². The number of carbonyl (C=O) groups excluding carboxylic acids is 2. The van der Waals surface area contributed by atoms with Crippen molar-refractivity contribution in [1.82, 2.24) is 0 Å². The third kappa shape index (κ3) is 3.79. The number of esters is 1. The summed E-state index contributed by atoms with van der Waals surface area (Å²) in [7, 11) is 0. The zero-order chi connectivity index (χ0) is 17.9. The van der Waals surface area contributed by atoms with Crippen molar-refractivity contribution in [3.05, 3.63) is 39.8 Å². The molecule has 0 spiro atoms. The number of halogens is 1. The van der Waals surface area contributed by atoms with Gasteiger partial charge in [-0.15, -0.1) is 22.9 Å². The largest absolute Gasteiger partial charge is 0.462 e. The van der Waals surface area contributed by atoms with Crippen LogP contribution in [0.3, 0.4) is 0 Å². The van der Waals surface area contributed by atoms with Crippen molar-refractivity contribution >= 4 is 39.8 Å². The molecule has 128 valence electrons. The number of hydrogen-bond acceptors (Lipinski definition) is 4. The van der Waals surface area contributed by atoms with Gasteiger partial charge in [-0.25, -0.2) is 4.79 Å². The van der Waals surface area contributed by atoms with Crippen LogP contribution >= 0.6 is 22.9 Å². The van der Waals surface area contributed by atoms with Gasteiger partial charge in [0.25, 0.3) is 0 Å². The van der Waals surface area contributed by atoms with Crippen molar-refractivity contribution < 1.29 is 14.3 Å². The molecule has 0 bridgehead atoms. The van der Waals surface area contributed by atoms with Gasteiger partial charge >= 0.3 is 5.97 Å². The first-order valence-electron chi connectivity index (χ1n) is 7.63. The third-order valence-electron chi connectivity index (χ3n) is 3.73. The van der Waals surface area contributed by atoms with E-state index in [0.29, 0.717) is 10.6 Å². The molecule has 4 nitrogen and oxygen atoms in total. The van der Waals surface area contributed by atoms with E-state index in [9.17, 15) is 9.59 Å². The van der Waals surface area contributed by atoms with E-state index in [4.69, 9.17) is 16.3 Å². The van der Waals surface area contributed by atoms with Crippen molar-refractivity contribution in [2.24, 2.45) is 0 Å². The standard InChI is InChI=1S/C18H20ClNO3S/c1-5-23-18(22)16-15(13-7-6-10(2)11(3)8-13)12(4)24-17(16)20-14(21)9-19/h6-8H,5,9H2,1-4H3,(H,20,21). The molecule has 1 heterocycles. The zero-order valence-corrected chi connectivity index (χ0v) is 15.7. The highest BCUT2D eigenvalue weighted by Crippen LogP contribution is 2.40. The SMILES string of the molecule is CCOC(=O)c1c(NC(=O)CCl)sc(C)c1-c1ccc(C)c(C)c1. The first-order valence-corrected chi connectivity index (χ1v) is 8.98. The highest BCUT2D eigenvalue weighted by atomic mass is 35.5. The Hall–Kier alpha value is -1.85. The number of anilines is 1. The molecule has 6 heteroatoms. The molecule has 0 aliphatic carbocycles. The van der Waals surface area contributed by atoms with Crippen LogP contribution < -0.4 is 5.32 Å². The maximum absolute atomic E-state index is 12.5. The summed E-state index contributed by atoms with van der Waals surface area (Å²) in [5.74, 6) is -0.965. The molecular weight excluding hydrogens is 346 g/mol. The average molecular weight is 366 g/mol. The summed E-state index contributed by atoms with van der Waals surface area (Å²) in [6.07, 6.45) is 0. The van der Waals surface area contributed by atoms with E-state index in [1.165, 1.54) is 16.9 Å². The molecule has 1 aromatic carbocycles. The van der Waals surface area contributed by atoms with E-state index in [2.05, 4.69) is 5.32 Å². The number of amides is 1. The summed E-state index contributed by atoms with van der Waals surface area (Å²) >= 11 is 6.93. The Bertz CT molecular complexity index is 783. The lowest BCUT2D eigenvalue weighted by molar-refractivity contribution is -0.113. The summed E-state index contributed by atoms with van der Waals surface area (Å²) in [6, 6.07) is 6.04. The van der Waals surface area contributed by atoms with Crippen molar-refractivity contribution in [2.45, 2.75) is 27.7 Å². The Morgan fingerprint density at radius 3 is 2.50 bits per heavy atom. The summed E-state index contributed by atoms with van der Waals surface area (Å²) in [4.78, 5) is 25.1. The fraction of sp³-hybridized carbons (Fsp3) is 0.333. The maximum atomic E-state index is 12.5. The van der Waals surface area contributed by atoms with Gasteiger partial charge in [-0.3, -0.25) is 4.79 Å². The number of benzene rings is 1. The highest BCUT2D eigenvalue weighted by Gasteiger charge is 2.25. The molecule has 0 saturated heterocycles. The van der Waals surface area contributed by atoms with Gasteiger partial charge in [0.2, 0.25) is 5.91 Å². The van der Waals surface area contributed by atoms with Crippen molar-refractivity contribution in [2.75, 3.05) is 17.8 Å². The molecule has 0 radical (unpaired) electrons. The van der Waals surface area contributed by atoms with Gasteiger partial charge in [0, 0.05) is 10.4 Å². The van der Waals surface area contributed by atoms with Gasteiger partial charge in [-0.05, 0) is 44.4 Å². The molecule has 24 heavy (non-hydrogen) atoms. The lowest BCUT2D eigenvalue weighted by atomic mass is 9.97. The summed E-state index contributed by atoms with van der Waals surface area (Å²) < 4.78 is 5.20. The summed E-state index contributed by atoms with van der Waals surface area (Å²) in [6.45, 7) is 8.01. The Morgan fingerprint density at radius 2 is 1.92 bits per heavy atom. The average Bonchev–Trinajstić information content (AvgIpc) is 2.86. The molecular formula is C18H20ClNO3S. The maximum Gasteiger partial charge on any atom is 0.341 e. The molecule has 0 aliphatic rings. The third-order valence-corrected chi connectivity index (χ3v) is 5.00. The minimum Gasteiger partial charge on any atom is -0.462 e. The van der Waals surface area contributed by atoms with E-state index in [1.807, 2.05) is 39.0 Å². The molecule has 0 aliphatic heterocycles. The van der Waals surface area contributed by atoms with Gasteiger partial charge in [0.15, 0.2) is 0 Å². The van der Waals surface area contributed by atoms with Gasteiger partial charge in [0.05, 0.1) is 6.61 Å². The van der Waals surface area contributed by atoms with Crippen LogP contribution in [0.4, 0.5) is 5.00 Å². The van der Waals surface area contributed by atoms with Crippen LogP contribution in [-0.2, 0) is 9.53 Å². The fourth-order valence-corrected chi connectivity index (χ4v) is 3.58. The first kappa shape index (κ1) is 18.5. The summed E-state index contributed by atoms with van der Waals surface area (Å²) in [5, 5.41) is 3.18. The molecule has 0 saturated carbocycles. The smallest absolute Gasteiger partial charge is 0.341 e. The number of alkyl halides is 1. The van der Waals surface area contributed by atoms with Crippen LogP contribution in [0.15, 0.2) is 18.2 Å². The van der Waals surface area contributed by atoms with E-state index < -0.39 is 5.97 Å². The van der Waals surface area contributed by atoms with Gasteiger partial charge in [0.1, 0.15) is 16.4 Å². The van der Waals surface area contributed by atoms with Gasteiger partial charge < -0.3 is 10.1 Å². The van der Waals surface area contributed by atoms with Gasteiger partial charge in [-0.1, -0.05) is 18.2 Å². The highest BCUT2D eigenvalue weighted by molar-refractivity contribution is 7.17. The second-order valence-corrected chi connectivity index (χ2v) is 6.93. The Morgan fingerprint density at radius 1 is 1.21 bits per heavy atom. The van der Waals surface area contributed by atoms with Crippen molar-refractivity contribution in [3.63, 3.8) is 0 Å². The second-order valence-electron chi connectivity index (χ2n) is 5.44. The lowest BCUT2D eigenvalue weighted by Crippen LogP contribution is -2.15. The minimum absolute atomic E-state index is 0.168. The van der Waals surface area contributed by atoms with Crippen LogP contribution in [0, 0.1) is 20.8 Å². The second kappa shape index (κ2) is 7.81. The number of aryl methyl sites for hydroxylation is 3. The molecule has 0 atom stereocenters. The van der Waals surface area contributed by atoms with Crippen molar-refractivity contribution in [3.8, 4) is 11.1 Å². The number of nitrogens with one attached hydrogen (secondary N) is 1. The molecule has 1 aromatic heterocycles. The van der Waals surface area contributed by atoms with E-state index in [-0.39, 0.29) is 18.4 Å². The predicted octanol–water partition coefficient (Wildman–Crippen LogP) is 4.69. The number of ether oxygens (including phenoxy) is 1. The molecule has 1 N–H and O–H groups in total. The lowest BCUT2D eigenvalue weighted by Gasteiger charge is -2.10. The first-order chi connectivity index (χ1) is 11.4. The van der Waals surface area contributed by atoms with Crippen LogP contribution in [0.25, 0.3) is 11.1 Å². The molecule has 0 fully saturated rings. The Balaban J connectivity index is 2.62. The van der Waals surface area contributed by atoms with Crippen LogP contribution in [0.1, 0.15) is 33.3 Å². The topological polar surface area (TPSA) is 55.4 Å². The molecule has 1 amide bonds. The fourth-order valence-electron chi connectivity index (χ4n) is 2.44. The van der Waals surface area contributed by atoms with Crippen LogP contribution in [0.5, 0.6) is 0 Å². The zero-order valence-electron chi connectivity index (χ0n) is 14.2. The van der Waals surface area contributed by atoms with E-state index in [1.54, 1.807) is 6.92 Å². The number of rotatable bonds is 5. The Labute approximate surface area is 150 Å². The van der Waals surface area contributed by atoms with E-state index in [0.717, 1.165) is 21.6 Å². The normalized spacial score (nSPS) is 10.5. The molecule has 2 aromatic rings. The van der Waals surface area contributed by atoms with Crippen LogP contribution in [0.2, 0.25) is 0 Å². The quantitative estimate of drug-likeness (QED) is 0.617. The monoisotopic (exact) mass is 365 g/mol. The number of carbonyl (C=O) groups is 2. The number of thiophene rings is 1. The molecule has 0 unspecified atom stereocenters. The van der Waals surface area contributed by atoms with Gasteiger partial charge in [-0.2, -0.15) is 0 Å². The van der Waals surface area contributed by atoms with Crippen LogP contribution in [-0.4, -0.2) is 24.4 Å². The Kier molecular flexibility index (Phi) is 6.02. The molecule has 2 rings (SSSR count). The minimum atomic E-state index is -0.444. The number of hydrogen-bond donors (Lipinski definition) is 1. The predicted molar refractivity (Wildman–Crippen MR) is 99.3 cm³/mol. The van der Waals surface area contributed by atoms with E-state index >= 15 is 0 Å².